The molecule has 10 nitrogen and oxygen atoms in total. The number of sulfonamides is 1. The van der Waals surface area contributed by atoms with Gasteiger partial charge in [-0.1, -0.05) is 50.1 Å². The maximum atomic E-state index is 12.9. The molecule has 214 valence electrons. The molecule has 12 heteroatoms. The maximum absolute atomic E-state index is 12.9. The number of carbonyl (C=O) groups excluding carboxylic acids is 1. The quantitative estimate of drug-likeness (QED) is 0.0790. The summed E-state index contributed by atoms with van der Waals surface area (Å²) in [7, 11) is -4.36. The van der Waals surface area contributed by atoms with Crippen molar-refractivity contribution in [2.75, 3.05) is 17.6 Å². The number of benzene rings is 3. The van der Waals surface area contributed by atoms with Gasteiger partial charge in [-0.25, -0.2) is 13.1 Å². The minimum Gasteiger partial charge on any atom is -0.379 e. The van der Waals surface area contributed by atoms with E-state index in [0.717, 1.165) is 47.9 Å². The lowest BCUT2D eigenvalue weighted by atomic mass is 10.1. The molecule has 41 heavy (non-hydrogen) atoms. The Hall–Kier alpha value is -4.16. The molecule has 0 unspecified atom stereocenters. The standard InChI is InChI=1S/C29H31N5O5S2/c1-2-3-7-17-33-21-24(20-31-33)22-10-12-23(13-11-22)29(35)32-41(38,39)26-14-15-27(28(19-26)34(36)37)30-16-18-40-25-8-5-4-6-9-25/h4-6,8-15,19-21,30H,2-3,7,16-18H2,1H3,(H,32,35). The summed E-state index contributed by atoms with van der Waals surface area (Å²) < 4.78 is 29.7. The van der Waals surface area contributed by atoms with Gasteiger partial charge in [0.2, 0.25) is 0 Å². The fourth-order valence-electron chi connectivity index (χ4n) is 4.06. The molecule has 0 fully saturated rings. The second-order valence-corrected chi connectivity index (χ2v) is 12.1. The number of unbranched alkanes of at least 4 members (excludes halogenated alkanes) is 2. The summed E-state index contributed by atoms with van der Waals surface area (Å²) in [5.74, 6) is -0.188. The number of nitrogens with zero attached hydrogens (tertiary/aromatic N) is 3. The van der Waals surface area contributed by atoms with Gasteiger partial charge in [-0.15, -0.1) is 11.8 Å². The van der Waals surface area contributed by atoms with Crippen molar-refractivity contribution < 1.29 is 18.1 Å². The van der Waals surface area contributed by atoms with Gasteiger partial charge in [-0.3, -0.25) is 19.6 Å². The molecule has 0 aliphatic carbocycles. The molecule has 0 aliphatic heterocycles. The van der Waals surface area contributed by atoms with Crippen molar-refractivity contribution in [1.29, 1.82) is 0 Å². The molecule has 0 atom stereocenters. The Morgan fingerprint density at radius 2 is 1.78 bits per heavy atom. The fraction of sp³-hybridized carbons (Fsp3) is 0.241. The second kappa shape index (κ2) is 14.0. The first-order valence-corrected chi connectivity index (χ1v) is 15.6. The van der Waals surface area contributed by atoms with Crippen LogP contribution in [0.1, 0.15) is 36.5 Å². The molecule has 0 bridgehead atoms. The number of rotatable bonds is 14. The Kier molecular flexibility index (Phi) is 10.1. The zero-order chi connectivity index (χ0) is 29.2. The summed E-state index contributed by atoms with van der Waals surface area (Å²) in [5.41, 5.74) is 1.66. The van der Waals surface area contributed by atoms with Crippen LogP contribution in [0.4, 0.5) is 11.4 Å². The molecule has 0 aliphatic rings. The van der Waals surface area contributed by atoms with E-state index in [0.29, 0.717) is 12.3 Å². The Labute approximate surface area is 243 Å². The minimum absolute atomic E-state index is 0.136. The lowest BCUT2D eigenvalue weighted by Crippen LogP contribution is -2.30. The maximum Gasteiger partial charge on any atom is 0.293 e. The number of amides is 1. The number of hydrogen-bond donors (Lipinski definition) is 2. The number of aryl methyl sites for hydroxylation is 1. The summed E-state index contributed by atoms with van der Waals surface area (Å²) in [6.07, 6.45) is 6.98. The highest BCUT2D eigenvalue weighted by Crippen LogP contribution is 2.28. The molecule has 2 N–H and O–H groups in total. The number of anilines is 1. The van der Waals surface area contributed by atoms with Crippen LogP contribution in [0, 0.1) is 10.1 Å². The van der Waals surface area contributed by atoms with E-state index >= 15 is 0 Å². The van der Waals surface area contributed by atoms with E-state index in [2.05, 4.69) is 17.3 Å². The van der Waals surface area contributed by atoms with E-state index in [1.807, 2.05) is 45.9 Å². The van der Waals surface area contributed by atoms with Crippen molar-refractivity contribution in [1.82, 2.24) is 14.5 Å². The number of nitrogens with one attached hydrogen (secondary N) is 2. The average molecular weight is 594 g/mol. The molecule has 4 rings (SSSR count). The van der Waals surface area contributed by atoms with Gasteiger partial charge in [-0.2, -0.15) is 5.10 Å². The molecule has 0 radical (unpaired) electrons. The zero-order valence-corrected chi connectivity index (χ0v) is 24.2. The van der Waals surface area contributed by atoms with Gasteiger partial charge in [0.15, 0.2) is 0 Å². The number of thioether (sulfide) groups is 1. The van der Waals surface area contributed by atoms with Gasteiger partial charge in [0, 0.05) is 47.1 Å². The summed E-state index contributed by atoms with van der Waals surface area (Å²) >= 11 is 1.59. The first-order valence-electron chi connectivity index (χ1n) is 13.2. The molecule has 0 saturated carbocycles. The van der Waals surface area contributed by atoms with Crippen molar-refractivity contribution >= 4 is 39.1 Å². The van der Waals surface area contributed by atoms with Crippen LogP contribution < -0.4 is 10.0 Å². The second-order valence-electron chi connectivity index (χ2n) is 9.24. The van der Waals surface area contributed by atoms with E-state index in [9.17, 15) is 23.3 Å². The highest BCUT2D eigenvalue weighted by Gasteiger charge is 2.24. The van der Waals surface area contributed by atoms with Crippen LogP contribution in [-0.2, 0) is 16.6 Å². The summed E-state index contributed by atoms with van der Waals surface area (Å²) in [4.78, 5) is 24.5. The van der Waals surface area contributed by atoms with Gasteiger partial charge in [0.25, 0.3) is 21.6 Å². The number of carbonyl (C=O) groups is 1. The number of hydrogen-bond acceptors (Lipinski definition) is 8. The monoisotopic (exact) mass is 593 g/mol. The third kappa shape index (κ3) is 8.18. The number of nitro groups is 1. The predicted molar refractivity (Wildman–Crippen MR) is 161 cm³/mol. The third-order valence-corrected chi connectivity index (χ3v) is 8.58. The van der Waals surface area contributed by atoms with E-state index < -0.39 is 26.5 Å². The largest absolute Gasteiger partial charge is 0.379 e. The zero-order valence-electron chi connectivity index (χ0n) is 22.5. The Morgan fingerprint density at radius 1 is 1.02 bits per heavy atom. The first-order chi connectivity index (χ1) is 19.8. The lowest BCUT2D eigenvalue weighted by molar-refractivity contribution is -0.384. The van der Waals surface area contributed by atoms with Gasteiger partial charge in [-0.05, 0) is 48.4 Å². The van der Waals surface area contributed by atoms with E-state index in [-0.39, 0.29) is 16.1 Å². The number of aromatic nitrogens is 2. The molecule has 1 aromatic heterocycles. The molecule has 4 aromatic rings. The molecule has 1 amide bonds. The normalized spacial score (nSPS) is 11.2. The topological polar surface area (TPSA) is 136 Å². The first kappa shape index (κ1) is 29.8. The Bertz CT molecular complexity index is 1590. The third-order valence-electron chi connectivity index (χ3n) is 6.24. The summed E-state index contributed by atoms with van der Waals surface area (Å²) in [6, 6.07) is 19.7. The fourth-order valence-corrected chi connectivity index (χ4v) is 5.85. The highest BCUT2D eigenvalue weighted by atomic mass is 32.2. The van der Waals surface area contributed by atoms with Crippen molar-refractivity contribution in [2.45, 2.75) is 42.5 Å². The minimum atomic E-state index is -4.36. The molecule has 1 heterocycles. The summed E-state index contributed by atoms with van der Waals surface area (Å²) in [5, 5.41) is 19.0. The van der Waals surface area contributed by atoms with Gasteiger partial charge in [0.1, 0.15) is 5.69 Å². The van der Waals surface area contributed by atoms with Gasteiger partial charge < -0.3 is 5.32 Å². The van der Waals surface area contributed by atoms with E-state index in [4.69, 9.17) is 0 Å². The van der Waals surface area contributed by atoms with E-state index in [1.165, 1.54) is 24.3 Å². The van der Waals surface area contributed by atoms with Crippen molar-refractivity contribution in [3.8, 4) is 11.1 Å². The van der Waals surface area contributed by atoms with Crippen LogP contribution in [0.5, 0.6) is 0 Å². The van der Waals surface area contributed by atoms with Crippen LogP contribution in [-0.4, -0.2) is 41.3 Å². The SMILES string of the molecule is CCCCCn1cc(-c2ccc(C(=O)NS(=O)(=O)c3ccc(NCCSc4ccccc4)c([N+](=O)[O-])c3)cc2)cn1. The molecule has 0 spiro atoms. The molecular weight excluding hydrogens is 562 g/mol. The van der Waals surface area contributed by atoms with Crippen LogP contribution >= 0.6 is 11.8 Å². The van der Waals surface area contributed by atoms with Crippen LogP contribution in [0.3, 0.4) is 0 Å². The van der Waals surface area contributed by atoms with Crippen molar-refractivity contribution in [2.24, 2.45) is 0 Å². The predicted octanol–water partition coefficient (Wildman–Crippen LogP) is 5.97. The summed E-state index contributed by atoms with van der Waals surface area (Å²) in [6.45, 7) is 3.40. The molecule has 3 aromatic carbocycles. The van der Waals surface area contributed by atoms with E-state index in [1.54, 1.807) is 30.1 Å². The van der Waals surface area contributed by atoms with Gasteiger partial charge >= 0.3 is 0 Å². The van der Waals surface area contributed by atoms with Crippen LogP contribution in [0.15, 0.2) is 95.0 Å². The van der Waals surface area contributed by atoms with Crippen molar-refractivity contribution in [3.63, 3.8) is 0 Å². The lowest BCUT2D eigenvalue weighted by Gasteiger charge is -2.10. The Morgan fingerprint density at radius 3 is 2.49 bits per heavy atom. The van der Waals surface area contributed by atoms with Crippen LogP contribution in [0.2, 0.25) is 0 Å². The molecule has 0 saturated heterocycles. The van der Waals surface area contributed by atoms with Crippen molar-refractivity contribution in [3.05, 3.63) is 101 Å². The van der Waals surface area contributed by atoms with Gasteiger partial charge in [0.05, 0.1) is 16.0 Å². The number of nitro benzene ring substituents is 1. The van der Waals surface area contributed by atoms with Crippen LogP contribution in [0.25, 0.3) is 11.1 Å². The molecular formula is C29H31N5O5S2. The highest BCUT2D eigenvalue weighted by molar-refractivity contribution is 7.99. The Balaban J connectivity index is 1.39. The average Bonchev–Trinajstić information content (AvgIpc) is 3.45. The smallest absolute Gasteiger partial charge is 0.293 e.